The van der Waals surface area contributed by atoms with Gasteiger partial charge in [0.25, 0.3) is 0 Å². The number of ether oxygens (including phenoxy) is 1. The predicted octanol–water partition coefficient (Wildman–Crippen LogP) is 7.11. The maximum Gasteiger partial charge on any atom is 0.331 e. The second-order valence-electron chi connectivity index (χ2n) is 9.63. The Balaban J connectivity index is 1.18. The molecule has 0 spiro atoms. The number of thiophene rings is 1. The number of pyridine rings is 1. The van der Waals surface area contributed by atoms with E-state index in [-0.39, 0.29) is 30.5 Å². The third-order valence-electron chi connectivity index (χ3n) is 6.88. The van der Waals surface area contributed by atoms with Crippen molar-refractivity contribution in [3.63, 3.8) is 0 Å². The van der Waals surface area contributed by atoms with Gasteiger partial charge in [-0.2, -0.15) is 0 Å². The standard InChI is InChI=1S/C32H24FN3O4S/c1-20(37)22-6-5-7-23(18-22)29-19-26-31(41-29)28(12-13-34-26)40-27-11-10-21(16-25(27)33)17-30(38)36-15-14-35(32(36)39)24-8-3-2-4-9-24/h2-13,16,18-19H,14-15,17H2,1H3. The minimum atomic E-state index is -0.620. The quantitative estimate of drug-likeness (QED) is 0.197. The van der Waals surface area contributed by atoms with Crippen molar-refractivity contribution >= 4 is 45.0 Å². The summed E-state index contributed by atoms with van der Waals surface area (Å²) >= 11 is 1.44. The van der Waals surface area contributed by atoms with E-state index in [1.807, 2.05) is 54.6 Å². The first-order valence-corrected chi connectivity index (χ1v) is 13.8. The lowest BCUT2D eigenvalue weighted by atomic mass is 10.1. The Labute approximate surface area is 239 Å². The summed E-state index contributed by atoms with van der Waals surface area (Å²) in [4.78, 5) is 45.6. The summed E-state index contributed by atoms with van der Waals surface area (Å²) < 4.78 is 21.8. The van der Waals surface area contributed by atoms with Crippen LogP contribution >= 0.6 is 11.3 Å². The van der Waals surface area contributed by atoms with Crippen LogP contribution < -0.4 is 9.64 Å². The number of ketones is 1. The second-order valence-corrected chi connectivity index (χ2v) is 10.7. The Morgan fingerprint density at radius 3 is 2.56 bits per heavy atom. The predicted molar refractivity (Wildman–Crippen MR) is 156 cm³/mol. The summed E-state index contributed by atoms with van der Waals surface area (Å²) in [5.74, 6) is -0.575. The van der Waals surface area contributed by atoms with Gasteiger partial charge in [0.1, 0.15) is 5.75 Å². The van der Waals surface area contributed by atoms with Crippen LogP contribution in [0.4, 0.5) is 14.9 Å². The van der Waals surface area contributed by atoms with Gasteiger partial charge in [0.2, 0.25) is 5.91 Å². The van der Waals surface area contributed by atoms with Crippen LogP contribution in [0.3, 0.4) is 0 Å². The molecule has 2 aromatic heterocycles. The molecule has 0 unspecified atom stereocenters. The first kappa shape index (κ1) is 26.3. The van der Waals surface area contributed by atoms with E-state index in [4.69, 9.17) is 4.74 Å². The number of imide groups is 1. The average molecular weight is 566 g/mol. The van der Waals surface area contributed by atoms with E-state index in [1.165, 1.54) is 35.3 Å². The number of urea groups is 1. The first-order valence-electron chi connectivity index (χ1n) is 13.0. The number of aromatic nitrogens is 1. The highest BCUT2D eigenvalue weighted by Crippen LogP contribution is 2.40. The number of hydrogen-bond acceptors (Lipinski definition) is 6. The van der Waals surface area contributed by atoms with Crippen molar-refractivity contribution in [1.82, 2.24) is 9.88 Å². The highest BCUT2D eigenvalue weighted by atomic mass is 32.1. The van der Waals surface area contributed by atoms with Gasteiger partial charge in [0.05, 0.1) is 16.6 Å². The van der Waals surface area contributed by atoms with Gasteiger partial charge in [0.15, 0.2) is 17.3 Å². The van der Waals surface area contributed by atoms with Crippen molar-refractivity contribution in [2.75, 3.05) is 18.0 Å². The molecule has 204 valence electrons. The number of para-hydroxylation sites is 1. The molecule has 0 saturated carbocycles. The number of benzene rings is 3. The number of Topliss-reactive ketones (excluding diaryl/α,β-unsaturated/α-hetero) is 1. The van der Waals surface area contributed by atoms with Gasteiger partial charge in [-0.25, -0.2) is 9.18 Å². The fourth-order valence-corrected chi connectivity index (χ4v) is 5.83. The zero-order chi connectivity index (χ0) is 28.5. The van der Waals surface area contributed by atoms with E-state index in [1.54, 1.807) is 29.3 Å². The van der Waals surface area contributed by atoms with Gasteiger partial charge in [-0.1, -0.05) is 42.5 Å². The molecule has 0 N–H and O–H groups in total. The fourth-order valence-electron chi connectivity index (χ4n) is 4.77. The number of carbonyl (C=O) groups excluding carboxylic acids is 3. The minimum Gasteiger partial charge on any atom is -0.453 e. The number of nitrogens with zero attached hydrogens (tertiary/aromatic N) is 3. The zero-order valence-corrected chi connectivity index (χ0v) is 22.9. The first-order chi connectivity index (χ1) is 19.9. The van der Waals surface area contributed by atoms with Crippen LogP contribution in [0.15, 0.2) is 91.1 Å². The molecule has 0 bridgehead atoms. The lowest BCUT2D eigenvalue weighted by Crippen LogP contribution is -2.37. The Bertz CT molecular complexity index is 1800. The Kier molecular flexibility index (Phi) is 7.03. The summed E-state index contributed by atoms with van der Waals surface area (Å²) in [7, 11) is 0. The van der Waals surface area contributed by atoms with E-state index < -0.39 is 11.7 Å². The maximum atomic E-state index is 15.1. The van der Waals surface area contributed by atoms with Gasteiger partial charge in [-0.15, -0.1) is 11.3 Å². The molecule has 1 aliphatic heterocycles. The van der Waals surface area contributed by atoms with Crippen molar-refractivity contribution in [3.05, 3.63) is 108 Å². The summed E-state index contributed by atoms with van der Waals surface area (Å²) in [5.41, 5.74) is 3.36. The summed E-state index contributed by atoms with van der Waals surface area (Å²) in [6, 6.07) is 24.1. The van der Waals surface area contributed by atoms with Gasteiger partial charge in [0, 0.05) is 41.5 Å². The molecule has 6 rings (SSSR count). The number of carbonyl (C=O) groups is 3. The van der Waals surface area contributed by atoms with E-state index in [0.717, 1.165) is 20.8 Å². The average Bonchev–Trinajstić information content (AvgIpc) is 3.59. The molecule has 3 aromatic carbocycles. The van der Waals surface area contributed by atoms with Gasteiger partial charge in [-0.3, -0.25) is 24.4 Å². The third-order valence-corrected chi connectivity index (χ3v) is 8.07. The second kappa shape index (κ2) is 10.9. The van der Waals surface area contributed by atoms with Gasteiger partial charge in [-0.05, 0) is 54.4 Å². The highest BCUT2D eigenvalue weighted by molar-refractivity contribution is 7.22. The molecule has 0 aliphatic carbocycles. The fraction of sp³-hybridized carbons (Fsp3) is 0.125. The van der Waals surface area contributed by atoms with E-state index >= 15 is 4.39 Å². The normalized spacial score (nSPS) is 13.2. The van der Waals surface area contributed by atoms with Crippen LogP contribution in [-0.2, 0) is 11.2 Å². The maximum absolute atomic E-state index is 15.1. The monoisotopic (exact) mass is 565 g/mol. The summed E-state index contributed by atoms with van der Waals surface area (Å²) in [6.07, 6.45) is 1.48. The number of hydrogen-bond donors (Lipinski definition) is 0. The lowest BCUT2D eigenvalue weighted by Gasteiger charge is -2.17. The molecule has 7 nitrogen and oxygen atoms in total. The molecule has 1 aliphatic rings. The number of fused-ring (bicyclic) bond motifs is 1. The molecule has 5 aromatic rings. The molecule has 41 heavy (non-hydrogen) atoms. The Hall–Kier alpha value is -4.89. The molecule has 1 saturated heterocycles. The van der Waals surface area contributed by atoms with E-state index in [9.17, 15) is 14.4 Å². The minimum absolute atomic E-state index is 0.00901. The summed E-state index contributed by atoms with van der Waals surface area (Å²) in [6.45, 7) is 2.21. The summed E-state index contributed by atoms with van der Waals surface area (Å²) in [5, 5.41) is 0. The lowest BCUT2D eigenvalue weighted by molar-refractivity contribution is -0.126. The topological polar surface area (TPSA) is 79.8 Å². The molecule has 3 amide bonds. The smallest absolute Gasteiger partial charge is 0.331 e. The van der Waals surface area contributed by atoms with E-state index in [0.29, 0.717) is 28.9 Å². The van der Waals surface area contributed by atoms with Crippen LogP contribution in [0.25, 0.3) is 20.7 Å². The van der Waals surface area contributed by atoms with Crippen molar-refractivity contribution in [1.29, 1.82) is 0 Å². The van der Waals surface area contributed by atoms with Crippen LogP contribution in [0.1, 0.15) is 22.8 Å². The molecular formula is C32H24FN3O4S. The van der Waals surface area contributed by atoms with Crippen LogP contribution in [0.5, 0.6) is 11.5 Å². The molecule has 1 fully saturated rings. The number of halogens is 1. The number of anilines is 1. The molecule has 0 atom stereocenters. The van der Waals surface area contributed by atoms with Gasteiger partial charge >= 0.3 is 6.03 Å². The van der Waals surface area contributed by atoms with Crippen LogP contribution in [0.2, 0.25) is 0 Å². The van der Waals surface area contributed by atoms with E-state index in [2.05, 4.69) is 4.98 Å². The molecular weight excluding hydrogens is 541 g/mol. The number of rotatable bonds is 7. The number of amides is 3. The Morgan fingerprint density at radius 1 is 0.951 bits per heavy atom. The van der Waals surface area contributed by atoms with Crippen LogP contribution in [-0.4, -0.2) is 40.7 Å². The van der Waals surface area contributed by atoms with Crippen molar-refractivity contribution in [2.45, 2.75) is 13.3 Å². The Morgan fingerprint density at radius 2 is 1.78 bits per heavy atom. The third kappa shape index (κ3) is 5.31. The molecule has 3 heterocycles. The molecule has 9 heteroatoms. The molecule has 0 radical (unpaired) electrons. The van der Waals surface area contributed by atoms with Crippen LogP contribution in [0, 0.1) is 5.82 Å². The van der Waals surface area contributed by atoms with Crippen molar-refractivity contribution in [2.24, 2.45) is 0 Å². The zero-order valence-electron chi connectivity index (χ0n) is 22.0. The SMILES string of the molecule is CC(=O)c1cccc(-c2cc3nccc(Oc4ccc(CC(=O)N5CCN(c6ccccc6)C5=O)cc4F)c3s2)c1. The highest BCUT2D eigenvalue weighted by Gasteiger charge is 2.33. The van der Waals surface area contributed by atoms with Gasteiger partial charge < -0.3 is 4.74 Å². The van der Waals surface area contributed by atoms with Crippen molar-refractivity contribution < 1.29 is 23.5 Å². The van der Waals surface area contributed by atoms with Crippen molar-refractivity contribution in [3.8, 4) is 21.9 Å². The largest absolute Gasteiger partial charge is 0.453 e.